The zero-order chi connectivity index (χ0) is 9.97. The summed E-state index contributed by atoms with van der Waals surface area (Å²) in [5, 5.41) is 16.4. The second kappa shape index (κ2) is 3.77. The first kappa shape index (κ1) is 9.18. The molecule has 0 bridgehead atoms. The number of aryl methyl sites for hydroxylation is 1. The maximum Gasteiger partial charge on any atom is 0.303 e. The van der Waals surface area contributed by atoms with Gasteiger partial charge < -0.3 is 9.67 Å². The van der Waals surface area contributed by atoms with Crippen LogP contribution in [0.15, 0.2) is 6.33 Å². The molecule has 1 saturated carbocycles. The van der Waals surface area contributed by atoms with Gasteiger partial charge in [-0.25, -0.2) is 0 Å². The SMILES string of the molecule is O=C(O)CCCn1cnnc1C1CC1. The minimum absolute atomic E-state index is 0.211. The fourth-order valence-electron chi connectivity index (χ4n) is 1.49. The lowest BCUT2D eigenvalue weighted by Gasteiger charge is -2.03. The van der Waals surface area contributed by atoms with Crippen molar-refractivity contribution in [2.75, 3.05) is 0 Å². The molecule has 1 aromatic heterocycles. The molecule has 1 aromatic rings. The van der Waals surface area contributed by atoms with Gasteiger partial charge in [0, 0.05) is 18.9 Å². The highest BCUT2D eigenvalue weighted by atomic mass is 16.4. The van der Waals surface area contributed by atoms with Crippen molar-refractivity contribution in [2.45, 2.75) is 38.1 Å². The van der Waals surface area contributed by atoms with Gasteiger partial charge in [0.15, 0.2) is 0 Å². The monoisotopic (exact) mass is 195 g/mol. The van der Waals surface area contributed by atoms with Crippen molar-refractivity contribution < 1.29 is 9.90 Å². The quantitative estimate of drug-likeness (QED) is 0.761. The summed E-state index contributed by atoms with van der Waals surface area (Å²) in [5.74, 6) is 0.851. The van der Waals surface area contributed by atoms with Crippen LogP contribution in [0.1, 0.15) is 37.4 Å². The molecule has 2 rings (SSSR count). The Bertz CT molecular complexity index is 331. The van der Waals surface area contributed by atoms with E-state index < -0.39 is 5.97 Å². The van der Waals surface area contributed by atoms with Crippen LogP contribution in [-0.4, -0.2) is 25.8 Å². The number of aromatic nitrogens is 3. The molecule has 1 aliphatic carbocycles. The molecular formula is C9H13N3O2. The van der Waals surface area contributed by atoms with E-state index in [2.05, 4.69) is 10.2 Å². The van der Waals surface area contributed by atoms with Crippen molar-refractivity contribution >= 4 is 5.97 Å². The first-order chi connectivity index (χ1) is 6.77. The number of nitrogens with zero attached hydrogens (tertiary/aromatic N) is 3. The Morgan fingerprint density at radius 2 is 2.43 bits per heavy atom. The van der Waals surface area contributed by atoms with E-state index >= 15 is 0 Å². The van der Waals surface area contributed by atoms with E-state index in [1.807, 2.05) is 4.57 Å². The number of carbonyl (C=O) groups is 1. The van der Waals surface area contributed by atoms with Crippen LogP contribution >= 0.6 is 0 Å². The Labute approximate surface area is 81.8 Å². The van der Waals surface area contributed by atoms with E-state index in [1.165, 1.54) is 12.8 Å². The predicted molar refractivity (Wildman–Crippen MR) is 48.9 cm³/mol. The third-order valence-corrected chi connectivity index (χ3v) is 2.38. The Morgan fingerprint density at radius 1 is 1.64 bits per heavy atom. The highest BCUT2D eigenvalue weighted by Crippen LogP contribution is 2.38. The van der Waals surface area contributed by atoms with E-state index in [4.69, 9.17) is 5.11 Å². The second-order valence-corrected chi connectivity index (χ2v) is 3.65. The standard InChI is InChI=1S/C9H13N3O2/c13-8(14)2-1-5-12-6-10-11-9(12)7-3-4-7/h6-7H,1-5H2,(H,13,14). The molecule has 0 unspecified atom stereocenters. The molecule has 76 valence electrons. The van der Waals surface area contributed by atoms with Crippen LogP contribution in [0.4, 0.5) is 0 Å². The van der Waals surface area contributed by atoms with Crippen molar-refractivity contribution in [2.24, 2.45) is 0 Å². The van der Waals surface area contributed by atoms with Crippen LogP contribution in [0, 0.1) is 0 Å². The maximum absolute atomic E-state index is 10.3. The minimum atomic E-state index is -0.744. The van der Waals surface area contributed by atoms with Gasteiger partial charge in [0.25, 0.3) is 0 Å². The largest absolute Gasteiger partial charge is 0.481 e. The number of aliphatic carboxylic acids is 1. The third-order valence-electron chi connectivity index (χ3n) is 2.38. The van der Waals surface area contributed by atoms with Crippen molar-refractivity contribution in [1.82, 2.24) is 14.8 Å². The van der Waals surface area contributed by atoms with Crippen molar-refractivity contribution in [3.8, 4) is 0 Å². The Kier molecular flexibility index (Phi) is 2.47. The molecule has 1 N–H and O–H groups in total. The van der Waals surface area contributed by atoms with E-state index in [9.17, 15) is 4.79 Å². The minimum Gasteiger partial charge on any atom is -0.481 e. The number of carboxylic acids is 1. The third kappa shape index (κ3) is 2.10. The lowest BCUT2D eigenvalue weighted by Crippen LogP contribution is -2.04. The van der Waals surface area contributed by atoms with Gasteiger partial charge in [0.05, 0.1) is 0 Å². The van der Waals surface area contributed by atoms with Crippen LogP contribution in [0.2, 0.25) is 0 Å². The summed E-state index contributed by atoms with van der Waals surface area (Å²) in [4.78, 5) is 10.3. The average Bonchev–Trinajstić information content (AvgIpc) is 2.87. The molecule has 0 radical (unpaired) electrons. The number of hydrogen-bond donors (Lipinski definition) is 1. The molecule has 0 aromatic carbocycles. The van der Waals surface area contributed by atoms with Crippen LogP contribution in [-0.2, 0) is 11.3 Å². The van der Waals surface area contributed by atoms with E-state index in [0.29, 0.717) is 18.9 Å². The van der Waals surface area contributed by atoms with Crippen LogP contribution in [0.3, 0.4) is 0 Å². The van der Waals surface area contributed by atoms with E-state index in [1.54, 1.807) is 6.33 Å². The van der Waals surface area contributed by atoms with E-state index in [0.717, 1.165) is 5.82 Å². The second-order valence-electron chi connectivity index (χ2n) is 3.65. The molecule has 1 fully saturated rings. The normalized spacial score (nSPS) is 15.7. The highest BCUT2D eigenvalue weighted by molar-refractivity contribution is 5.66. The zero-order valence-corrected chi connectivity index (χ0v) is 7.89. The number of rotatable bonds is 5. The molecule has 5 nitrogen and oxygen atoms in total. The summed E-state index contributed by atoms with van der Waals surface area (Å²) in [5.41, 5.74) is 0. The Balaban J connectivity index is 1.88. The fraction of sp³-hybridized carbons (Fsp3) is 0.667. The van der Waals surface area contributed by atoms with Crippen LogP contribution < -0.4 is 0 Å². The summed E-state index contributed by atoms with van der Waals surface area (Å²) in [6, 6.07) is 0. The van der Waals surface area contributed by atoms with Crippen molar-refractivity contribution in [3.63, 3.8) is 0 Å². The lowest BCUT2D eigenvalue weighted by atomic mass is 10.3. The average molecular weight is 195 g/mol. The molecule has 5 heteroatoms. The lowest BCUT2D eigenvalue weighted by molar-refractivity contribution is -0.137. The molecule has 0 saturated heterocycles. The molecule has 1 aliphatic rings. The molecule has 0 amide bonds. The van der Waals surface area contributed by atoms with Crippen LogP contribution in [0.5, 0.6) is 0 Å². The topological polar surface area (TPSA) is 68.0 Å². The number of carboxylic acid groups (broad SMARTS) is 1. The van der Waals surface area contributed by atoms with E-state index in [-0.39, 0.29) is 6.42 Å². The van der Waals surface area contributed by atoms with Gasteiger partial charge in [-0.05, 0) is 19.3 Å². The highest BCUT2D eigenvalue weighted by Gasteiger charge is 2.28. The molecule has 0 atom stereocenters. The predicted octanol–water partition coefficient (Wildman–Crippen LogP) is 1.02. The van der Waals surface area contributed by atoms with Gasteiger partial charge in [-0.2, -0.15) is 0 Å². The summed E-state index contributed by atoms with van der Waals surface area (Å²) in [7, 11) is 0. The number of hydrogen-bond acceptors (Lipinski definition) is 3. The van der Waals surface area contributed by atoms with Crippen molar-refractivity contribution in [3.05, 3.63) is 12.2 Å². The first-order valence-electron chi connectivity index (χ1n) is 4.87. The Morgan fingerprint density at radius 3 is 3.07 bits per heavy atom. The van der Waals surface area contributed by atoms with Gasteiger partial charge >= 0.3 is 5.97 Å². The molecule has 0 aliphatic heterocycles. The zero-order valence-electron chi connectivity index (χ0n) is 7.89. The van der Waals surface area contributed by atoms with Gasteiger partial charge in [0.1, 0.15) is 12.2 Å². The first-order valence-corrected chi connectivity index (χ1v) is 4.87. The summed E-state index contributed by atoms with van der Waals surface area (Å²) >= 11 is 0. The Hall–Kier alpha value is -1.39. The van der Waals surface area contributed by atoms with Gasteiger partial charge in [0.2, 0.25) is 0 Å². The summed E-state index contributed by atoms with van der Waals surface area (Å²) in [6.45, 7) is 0.713. The molecule has 0 spiro atoms. The molecule has 1 heterocycles. The summed E-state index contributed by atoms with van der Waals surface area (Å²) < 4.78 is 1.97. The van der Waals surface area contributed by atoms with Crippen LogP contribution in [0.25, 0.3) is 0 Å². The van der Waals surface area contributed by atoms with Crippen molar-refractivity contribution in [1.29, 1.82) is 0 Å². The molecular weight excluding hydrogens is 182 g/mol. The summed E-state index contributed by atoms with van der Waals surface area (Å²) in [6.07, 6.45) is 4.93. The van der Waals surface area contributed by atoms with Gasteiger partial charge in [-0.1, -0.05) is 0 Å². The fourth-order valence-corrected chi connectivity index (χ4v) is 1.49. The van der Waals surface area contributed by atoms with Gasteiger partial charge in [-0.15, -0.1) is 10.2 Å². The molecule has 14 heavy (non-hydrogen) atoms. The van der Waals surface area contributed by atoms with Gasteiger partial charge in [-0.3, -0.25) is 4.79 Å². The maximum atomic E-state index is 10.3. The smallest absolute Gasteiger partial charge is 0.303 e.